The highest BCUT2D eigenvalue weighted by Gasteiger charge is 2.04. The van der Waals surface area contributed by atoms with Gasteiger partial charge in [0.25, 0.3) is 0 Å². The number of benzene rings is 2. The predicted molar refractivity (Wildman–Crippen MR) is 98.8 cm³/mol. The fraction of sp³-hybridized carbons (Fsp3) is 0.200. The third kappa shape index (κ3) is 5.19. The molecule has 6 heteroatoms. The number of ether oxygens (including phenoxy) is 2. The van der Waals surface area contributed by atoms with Gasteiger partial charge in [-0.2, -0.15) is 5.10 Å². The van der Waals surface area contributed by atoms with Gasteiger partial charge in [-0.25, -0.2) is 0 Å². The summed E-state index contributed by atoms with van der Waals surface area (Å²) in [5.41, 5.74) is 2.82. The lowest BCUT2D eigenvalue weighted by molar-refractivity contribution is -0.116. The molecule has 3 rings (SSSR count). The van der Waals surface area contributed by atoms with E-state index in [1.54, 1.807) is 30.3 Å². The van der Waals surface area contributed by atoms with Gasteiger partial charge < -0.3 is 14.8 Å². The molecule has 26 heavy (non-hydrogen) atoms. The third-order valence-electron chi connectivity index (χ3n) is 3.77. The Morgan fingerprint density at radius 3 is 2.62 bits per heavy atom. The average molecular weight is 351 g/mol. The molecule has 3 aromatic rings. The van der Waals surface area contributed by atoms with Crippen molar-refractivity contribution in [3.63, 3.8) is 0 Å². The molecule has 1 heterocycles. The molecule has 1 amide bonds. The van der Waals surface area contributed by atoms with Gasteiger partial charge in [0.1, 0.15) is 12.3 Å². The van der Waals surface area contributed by atoms with Gasteiger partial charge in [-0.05, 0) is 41.5 Å². The van der Waals surface area contributed by atoms with Gasteiger partial charge >= 0.3 is 0 Å². The Kier molecular flexibility index (Phi) is 6.01. The van der Waals surface area contributed by atoms with Gasteiger partial charge in [0.05, 0.1) is 20.3 Å². The number of rotatable bonds is 8. The predicted octanol–water partition coefficient (Wildman–Crippen LogP) is 3.25. The van der Waals surface area contributed by atoms with Crippen LogP contribution in [-0.4, -0.2) is 22.8 Å². The van der Waals surface area contributed by atoms with Crippen molar-refractivity contribution in [1.29, 1.82) is 0 Å². The van der Waals surface area contributed by atoms with Crippen molar-refractivity contribution >= 4 is 11.6 Å². The van der Waals surface area contributed by atoms with Crippen LogP contribution in [0.3, 0.4) is 0 Å². The van der Waals surface area contributed by atoms with E-state index in [-0.39, 0.29) is 12.5 Å². The lowest BCUT2D eigenvalue weighted by Gasteiger charge is -2.09. The Bertz CT molecular complexity index is 830. The SMILES string of the molecule is COc1ccc(COCc2cccc(NC(=O)Cn3cccn3)c2)cc1. The topological polar surface area (TPSA) is 65.4 Å². The van der Waals surface area contributed by atoms with Gasteiger partial charge in [0, 0.05) is 18.1 Å². The van der Waals surface area contributed by atoms with Crippen molar-refractivity contribution in [3.05, 3.63) is 78.1 Å². The highest BCUT2D eigenvalue weighted by Crippen LogP contribution is 2.15. The van der Waals surface area contributed by atoms with Crippen LogP contribution < -0.4 is 10.1 Å². The number of anilines is 1. The van der Waals surface area contributed by atoms with Crippen LogP contribution in [0.5, 0.6) is 5.75 Å². The zero-order valence-corrected chi connectivity index (χ0v) is 14.6. The molecular weight excluding hydrogens is 330 g/mol. The minimum absolute atomic E-state index is 0.120. The molecule has 0 spiro atoms. The molecule has 0 unspecified atom stereocenters. The van der Waals surface area contributed by atoms with E-state index in [1.807, 2.05) is 48.5 Å². The molecule has 6 nitrogen and oxygen atoms in total. The number of amides is 1. The van der Waals surface area contributed by atoms with Crippen LogP contribution in [0.25, 0.3) is 0 Å². The lowest BCUT2D eigenvalue weighted by Crippen LogP contribution is -2.19. The minimum Gasteiger partial charge on any atom is -0.497 e. The first-order valence-electron chi connectivity index (χ1n) is 8.30. The van der Waals surface area contributed by atoms with Crippen molar-refractivity contribution in [1.82, 2.24) is 9.78 Å². The first-order valence-corrected chi connectivity index (χ1v) is 8.30. The first kappa shape index (κ1) is 17.7. The zero-order valence-electron chi connectivity index (χ0n) is 14.6. The summed E-state index contributed by atoms with van der Waals surface area (Å²) >= 11 is 0. The number of carbonyl (C=O) groups excluding carboxylic acids is 1. The molecule has 0 aliphatic rings. The fourth-order valence-corrected chi connectivity index (χ4v) is 2.49. The standard InChI is InChI=1S/C20H21N3O3/c1-25-19-8-6-16(7-9-19)14-26-15-17-4-2-5-18(12-17)22-20(24)13-23-11-3-10-21-23/h2-12H,13-15H2,1H3,(H,22,24). The van der Waals surface area contributed by atoms with E-state index in [1.165, 1.54) is 0 Å². The number of hydrogen-bond acceptors (Lipinski definition) is 4. The summed E-state index contributed by atoms with van der Waals surface area (Å²) in [6, 6.07) is 17.2. The number of nitrogens with zero attached hydrogens (tertiary/aromatic N) is 2. The van der Waals surface area contributed by atoms with Crippen molar-refractivity contribution in [2.24, 2.45) is 0 Å². The van der Waals surface area contributed by atoms with Gasteiger partial charge in [0.15, 0.2) is 0 Å². The molecule has 134 valence electrons. The van der Waals surface area contributed by atoms with Gasteiger partial charge in [0.2, 0.25) is 5.91 Å². The summed E-state index contributed by atoms with van der Waals surface area (Å²) in [5, 5.41) is 6.90. The Balaban J connectivity index is 1.49. The molecule has 0 saturated heterocycles. The van der Waals surface area contributed by atoms with E-state index in [9.17, 15) is 4.79 Å². The van der Waals surface area contributed by atoms with Gasteiger partial charge in [-0.15, -0.1) is 0 Å². The van der Waals surface area contributed by atoms with Gasteiger partial charge in [-0.3, -0.25) is 9.48 Å². The molecular formula is C20H21N3O3. The second-order valence-electron chi connectivity index (χ2n) is 5.79. The second-order valence-corrected chi connectivity index (χ2v) is 5.79. The van der Waals surface area contributed by atoms with Crippen LogP contribution in [-0.2, 0) is 29.3 Å². The van der Waals surface area contributed by atoms with Crippen molar-refractivity contribution in [2.75, 3.05) is 12.4 Å². The molecule has 0 aliphatic carbocycles. The smallest absolute Gasteiger partial charge is 0.246 e. The molecule has 1 N–H and O–H groups in total. The van der Waals surface area contributed by atoms with E-state index >= 15 is 0 Å². The van der Waals surface area contributed by atoms with Crippen molar-refractivity contribution < 1.29 is 14.3 Å². The Morgan fingerprint density at radius 1 is 1.08 bits per heavy atom. The molecule has 0 saturated carbocycles. The third-order valence-corrected chi connectivity index (χ3v) is 3.77. The fourth-order valence-electron chi connectivity index (χ4n) is 2.49. The number of methoxy groups -OCH3 is 1. The Hall–Kier alpha value is -3.12. The van der Waals surface area contributed by atoms with Crippen molar-refractivity contribution in [2.45, 2.75) is 19.8 Å². The van der Waals surface area contributed by atoms with Crippen LogP contribution in [0.1, 0.15) is 11.1 Å². The normalized spacial score (nSPS) is 10.5. The van der Waals surface area contributed by atoms with E-state index in [0.29, 0.717) is 13.2 Å². The van der Waals surface area contributed by atoms with Crippen LogP contribution in [0, 0.1) is 0 Å². The second kappa shape index (κ2) is 8.82. The minimum atomic E-state index is -0.120. The molecule has 0 fully saturated rings. The molecule has 0 atom stereocenters. The summed E-state index contributed by atoms with van der Waals surface area (Å²) in [6.45, 7) is 1.17. The van der Waals surface area contributed by atoms with Gasteiger partial charge in [-0.1, -0.05) is 24.3 Å². The lowest BCUT2D eigenvalue weighted by atomic mass is 10.2. The number of aromatic nitrogens is 2. The quantitative estimate of drug-likeness (QED) is 0.677. The Labute approximate surface area is 152 Å². The van der Waals surface area contributed by atoms with Crippen molar-refractivity contribution in [3.8, 4) is 5.75 Å². The summed E-state index contributed by atoms with van der Waals surface area (Å²) in [5.74, 6) is 0.706. The average Bonchev–Trinajstić information content (AvgIpc) is 3.15. The maximum Gasteiger partial charge on any atom is 0.246 e. The largest absolute Gasteiger partial charge is 0.497 e. The van der Waals surface area contributed by atoms with Crippen LogP contribution in [0.2, 0.25) is 0 Å². The van der Waals surface area contributed by atoms with Crippen LogP contribution in [0.15, 0.2) is 67.0 Å². The summed E-state index contributed by atoms with van der Waals surface area (Å²) in [4.78, 5) is 12.0. The maximum absolute atomic E-state index is 12.0. The monoisotopic (exact) mass is 351 g/mol. The summed E-state index contributed by atoms with van der Waals surface area (Å²) in [7, 11) is 1.65. The molecule has 0 aliphatic heterocycles. The summed E-state index contributed by atoms with van der Waals surface area (Å²) < 4.78 is 12.5. The first-order chi connectivity index (χ1) is 12.7. The zero-order chi connectivity index (χ0) is 18.2. The van der Waals surface area contributed by atoms with E-state index in [0.717, 1.165) is 22.6 Å². The highest BCUT2D eigenvalue weighted by atomic mass is 16.5. The highest BCUT2D eigenvalue weighted by molar-refractivity contribution is 5.90. The molecule has 0 radical (unpaired) electrons. The number of nitrogens with one attached hydrogen (secondary N) is 1. The van der Waals surface area contributed by atoms with E-state index < -0.39 is 0 Å². The Morgan fingerprint density at radius 2 is 1.88 bits per heavy atom. The maximum atomic E-state index is 12.0. The van der Waals surface area contributed by atoms with E-state index in [4.69, 9.17) is 9.47 Å². The number of hydrogen-bond donors (Lipinski definition) is 1. The summed E-state index contributed by atoms with van der Waals surface area (Å²) in [6.07, 6.45) is 3.40. The number of carbonyl (C=O) groups is 1. The molecule has 2 aromatic carbocycles. The molecule has 1 aromatic heterocycles. The van der Waals surface area contributed by atoms with Crippen LogP contribution >= 0.6 is 0 Å². The van der Waals surface area contributed by atoms with E-state index in [2.05, 4.69) is 10.4 Å². The van der Waals surface area contributed by atoms with Crippen LogP contribution in [0.4, 0.5) is 5.69 Å². The molecule has 0 bridgehead atoms.